The maximum atomic E-state index is 15.1. The highest BCUT2D eigenvalue weighted by Crippen LogP contribution is 2.39. The lowest BCUT2D eigenvalue weighted by Crippen LogP contribution is -2.35. The molecule has 1 amide bonds. The summed E-state index contributed by atoms with van der Waals surface area (Å²) < 4.78 is 30.1. The number of carboxylic acids is 1. The number of carbonyl (C=O) groups is 3. The van der Waals surface area contributed by atoms with Crippen LogP contribution in [0.1, 0.15) is 53.4 Å². The summed E-state index contributed by atoms with van der Waals surface area (Å²) in [5, 5.41) is 28.7. The van der Waals surface area contributed by atoms with Gasteiger partial charge in [0.15, 0.2) is 23.1 Å². The molecule has 3 rings (SSSR count). The van der Waals surface area contributed by atoms with Crippen molar-refractivity contribution in [3.63, 3.8) is 0 Å². The number of hydrogen-bond donors (Lipinski definition) is 3. The first kappa shape index (κ1) is 32.3. The molecular formula is C27H33BrFN3O8. The fraction of sp³-hybridized carbons (Fsp3) is 0.407. The fourth-order valence-corrected chi connectivity index (χ4v) is 4.45. The van der Waals surface area contributed by atoms with E-state index >= 15 is 4.39 Å². The van der Waals surface area contributed by atoms with Gasteiger partial charge >= 0.3 is 12.1 Å². The molecule has 3 N–H and O–H groups in total. The molecule has 1 heterocycles. The number of phenols is 1. The molecule has 0 unspecified atom stereocenters. The number of hydrogen-bond acceptors (Lipinski definition) is 8. The molecule has 218 valence electrons. The number of carbonyl (C=O) groups excluding carboxylic acids is 2. The second kappa shape index (κ2) is 12.5. The lowest BCUT2D eigenvalue weighted by atomic mass is 9.83. The van der Waals surface area contributed by atoms with E-state index < -0.39 is 35.6 Å². The molecule has 13 heteroatoms. The van der Waals surface area contributed by atoms with Gasteiger partial charge in [-0.25, -0.2) is 9.18 Å². The number of aromatic hydroxyl groups is 1. The van der Waals surface area contributed by atoms with Crippen LogP contribution in [0, 0.1) is 11.2 Å². The lowest BCUT2D eigenvalue weighted by molar-refractivity contribution is -0.138. The number of carboxylic acid groups (broad SMARTS) is 1. The van der Waals surface area contributed by atoms with Crippen molar-refractivity contribution in [2.45, 2.75) is 39.3 Å². The van der Waals surface area contributed by atoms with E-state index in [0.29, 0.717) is 11.1 Å². The Labute approximate surface area is 241 Å². The van der Waals surface area contributed by atoms with Crippen molar-refractivity contribution in [2.75, 3.05) is 34.4 Å². The van der Waals surface area contributed by atoms with Gasteiger partial charge in [0.2, 0.25) is 0 Å². The number of benzene rings is 2. The quantitative estimate of drug-likeness (QED) is 0.350. The first-order chi connectivity index (χ1) is 18.2. The van der Waals surface area contributed by atoms with Crippen LogP contribution in [0.2, 0.25) is 0 Å². The zero-order valence-corrected chi connectivity index (χ0v) is 24.8. The van der Waals surface area contributed by atoms with Crippen molar-refractivity contribution in [1.82, 2.24) is 9.80 Å². The first-order valence-electron chi connectivity index (χ1n) is 11.9. The maximum Gasteiger partial charge on any atom is 0.410 e. The molecule has 0 saturated heterocycles. The van der Waals surface area contributed by atoms with Crippen molar-refractivity contribution < 1.29 is 43.2 Å². The smallest absolute Gasteiger partial charge is 0.410 e. The van der Waals surface area contributed by atoms with Gasteiger partial charge in [0, 0.05) is 23.2 Å². The highest BCUT2D eigenvalue weighted by Gasteiger charge is 2.33. The van der Waals surface area contributed by atoms with Gasteiger partial charge in [-0.05, 0) is 29.2 Å². The molecule has 1 aliphatic heterocycles. The van der Waals surface area contributed by atoms with Crippen LogP contribution in [0.25, 0.3) is 0 Å². The second-order valence-electron chi connectivity index (χ2n) is 10.1. The van der Waals surface area contributed by atoms with Crippen LogP contribution in [-0.4, -0.2) is 78.1 Å². The number of nitrogens with zero attached hydrogens (tertiary/aromatic N) is 2. The minimum absolute atomic E-state index is 0. The summed E-state index contributed by atoms with van der Waals surface area (Å²) in [7, 11) is 3.77. The number of halogens is 2. The van der Waals surface area contributed by atoms with Gasteiger partial charge in [-0.3, -0.25) is 19.9 Å². The van der Waals surface area contributed by atoms with E-state index in [1.165, 1.54) is 31.3 Å². The average molecular weight is 626 g/mol. The van der Waals surface area contributed by atoms with E-state index in [1.54, 1.807) is 6.07 Å². The predicted molar refractivity (Wildman–Crippen MR) is 149 cm³/mol. The largest absolute Gasteiger partial charge is 0.507 e. The number of fused-ring (bicyclic) bond motifs is 1. The van der Waals surface area contributed by atoms with Crippen LogP contribution >= 0.6 is 17.0 Å². The molecule has 0 aliphatic carbocycles. The van der Waals surface area contributed by atoms with E-state index in [1.807, 2.05) is 20.8 Å². The molecule has 0 bridgehead atoms. The van der Waals surface area contributed by atoms with Crippen LogP contribution in [-0.2, 0) is 28.0 Å². The number of ether oxygens (including phenoxy) is 3. The summed E-state index contributed by atoms with van der Waals surface area (Å²) in [6.45, 7) is 4.27. The Bertz CT molecular complexity index is 1340. The average Bonchev–Trinajstić information content (AvgIpc) is 3.17. The van der Waals surface area contributed by atoms with Crippen LogP contribution < -0.4 is 9.47 Å². The number of amidine groups is 1. The van der Waals surface area contributed by atoms with Crippen LogP contribution in [0.5, 0.6) is 17.2 Å². The summed E-state index contributed by atoms with van der Waals surface area (Å²) in [5.74, 6) is -2.80. The number of ketones is 1. The Balaban J connectivity index is 0.00000560. The molecule has 0 fully saturated rings. The van der Waals surface area contributed by atoms with Gasteiger partial charge < -0.3 is 29.3 Å². The molecule has 0 saturated carbocycles. The van der Waals surface area contributed by atoms with Gasteiger partial charge in [0.1, 0.15) is 18.1 Å². The Morgan fingerprint density at radius 3 is 2.30 bits per heavy atom. The molecule has 40 heavy (non-hydrogen) atoms. The predicted octanol–water partition coefficient (Wildman–Crippen LogP) is 4.10. The third-order valence-corrected chi connectivity index (χ3v) is 6.38. The Kier molecular flexibility index (Phi) is 10.1. The zero-order chi connectivity index (χ0) is 29.2. The van der Waals surface area contributed by atoms with Crippen molar-refractivity contribution >= 4 is 40.7 Å². The Hall–Kier alpha value is -3.87. The molecule has 2 aromatic rings. The summed E-state index contributed by atoms with van der Waals surface area (Å²) in [4.78, 5) is 39.2. The topological polar surface area (TPSA) is 150 Å². The summed E-state index contributed by atoms with van der Waals surface area (Å²) in [5.41, 5.74) is 0.593. The molecular weight excluding hydrogens is 593 g/mol. The van der Waals surface area contributed by atoms with Crippen LogP contribution in [0.4, 0.5) is 9.18 Å². The number of Topliss-reactive ketones (excluding diaryl/α,β-unsaturated/α-hetero) is 1. The van der Waals surface area contributed by atoms with Crippen molar-refractivity contribution in [1.29, 1.82) is 5.41 Å². The maximum absolute atomic E-state index is 15.1. The zero-order valence-electron chi connectivity index (χ0n) is 23.1. The number of amides is 1. The van der Waals surface area contributed by atoms with Crippen molar-refractivity contribution in [3.05, 3.63) is 51.8 Å². The monoisotopic (exact) mass is 625 g/mol. The minimum Gasteiger partial charge on any atom is -0.507 e. The molecule has 11 nitrogen and oxygen atoms in total. The molecule has 0 spiro atoms. The summed E-state index contributed by atoms with van der Waals surface area (Å²) in [6.07, 6.45) is -0.915. The van der Waals surface area contributed by atoms with Gasteiger partial charge in [-0.15, -0.1) is 17.0 Å². The molecule has 2 aromatic carbocycles. The third kappa shape index (κ3) is 6.46. The Morgan fingerprint density at radius 2 is 1.77 bits per heavy atom. The SMILES string of the molecule is Br.COC(=O)N(CC(=O)O)Cc1cc(C(=O)CN2Cc3cc(OC)c(OC)c(F)c3C2=N)cc(C(C)(C)C)c1O. The van der Waals surface area contributed by atoms with E-state index in [4.69, 9.17) is 14.9 Å². The standard InChI is InChI=1S/C27H32FN3O8.BrH/c1-27(2,3)17-8-14(7-16(23(17)35)11-31(13-20(33)34)26(36)39-6)18(32)12-30-10-15-9-19(37-4)24(38-5)22(28)21(15)25(30)29;/h7-9,29,35H,10-13H2,1-6H3,(H,33,34);1H. The van der Waals surface area contributed by atoms with E-state index in [9.17, 15) is 24.6 Å². The van der Waals surface area contributed by atoms with Crippen molar-refractivity contribution in [3.8, 4) is 17.2 Å². The summed E-state index contributed by atoms with van der Waals surface area (Å²) in [6, 6.07) is 4.47. The van der Waals surface area contributed by atoms with E-state index in [0.717, 1.165) is 12.0 Å². The van der Waals surface area contributed by atoms with Gasteiger partial charge in [0.05, 0.1) is 40.0 Å². The number of rotatable bonds is 9. The fourth-order valence-electron chi connectivity index (χ4n) is 4.45. The molecule has 0 atom stereocenters. The normalized spacial score (nSPS) is 12.4. The second-order valence-corrected chi connectivity index (χ2v) is 10.1. The van der Waals surface area contributed by atoms with Gasteiger partial charge in [-0.2, -0.15) is 0 Å². The Morgan fingerprint density at radius 1 is 1.12 bits per heavy atom. The molecule has 1 aliphatic rings. The highest BCUT2D eigenvalue weighted by molar-refractivity contribution is 8.93. The van der Waals surface area contributed by atoms with E-state index in [-0.39, 0.29) is 76.4 Å². The van der Waals surface area contributed by atoms with E-state index in [2.05, 4.69) is 4.74 Å². The number of aliphatic carboxylic acids is 1. The lowest BCUT2D eigenvalue weighted by Gasteiger charge is -2.26. The highest BCUT2D eigenvalue weighted by atomic mass is 79.9. The van der Waals surface area contributed by atoms with Crippen LogP contribution in [0.15, 0.2) is 18.2 Å². The van der Waals surface area contributed by atoms with Gasteiger partial charge in [-0.1, -0.05) is 20.8 Å². The van der Waals surface area contributed by atoms with Crippen molar-refractivity contribution in [2.24, 2.45) is 0 Å². The first-order valence-corrected chi connectivity index (χ1v) is 11.9. The molecule has 0 aromatic heterocycles. The number of nitrogens with one attached hydrogen (secondary N) is 1. The third-order valence-electron chi connectivity index (χ3n) is 6.38. The summed E-state index contributed by atoms with van der Waals surface area (Å²) >= 11 is 0. The van der Waals surface area contributed by atoms with Crippen LogP contribution in [0.3, 0.4) is 0 Å². The number of methoxy groups -OCH3 is 3. The molecule has 0 radical (unpaired) electrons. The minimum atomic E-state index is -1.28. The number of phenolic OH excluding ortho intramolecular Hbond substituents is 1. The van der Waals surface area contributed by atoms with Gasteiger partial charge in [0.25, 0.3) is 0 Å².